The Morgan fingerprint density at radius 1 is 1.60 bits per heavy atom. The van der Waals surface area contributed by atoms with Crippen LogP contribution in [0.3, 0.4) is 0 Å². The third kappa shape index (κ3) is 1.72. The van der Waals surface area contributed by atoms with Crippen LogP contribution in [-0.2, 0) is 10.2 Å². The molecule has 1 saturated carbocycles. The maximum absolute atomic E-state index is 5.93. The third-order valence-corrected chi connectivity index (χ3v) is 4.50. The van der Waals surface area contributed by atoms with Crippen molar-refractivity contribution in [2.24, 2.45) is 0 Å². The maximum atomic E-state index is 5.93. The molecule has 4 heteroatoms. The Labute approximate surface area is 100 Å². The summed E-state index contributed by atoms with van der Waals surface area (Å²) in [7, 11) is 1.98. The predicted molar refractivity (Wildman–Crippen MR) is 65.1 cm³/mol. The number of halogens is 1. The first-order valence-electron chi connectivity index (χ1n) is 5.20. The van der Waals surface area contributed by atoms with Crippen molar-refractivity contribution < 1.29 is 4.74 Å². The van der Waals surface area contributed by atoms with Gasteiger partial charge >= 0.3 is 0 Å². The van der Waals surface area contributed by atoms with E-state index in [1.54, 1.807) is 4.88 Å². The summed E-state index contributed by atoms with van der Waals surface area (Å²) in [4.78, 5) is 1.60. The van der Waals surface area contributed by atoms with E-state index < -0.39 is 0 Å². The van der Waals surface area contributed by atoms with Crippen LogP contribution in [0.25, 0.3) is 0 Å². The average Bonchev–Trinajstić information content (AvgIpc) is 2.78. The molecule has 0 bridgehead atoms. The van der Waals surface area contributed by atoms with Crippen LogP contribution in [0, 0.1) is 0 Å². The zero-order chi connectivity index (χ0) is 9.60. The van der Waals surface area contributed by atoms with Gasteiger partial charge in [0.2, 0.25) is 0 Å². The normalized spacial score (nSPS) is 25.8. The molecule has 1 spiro atoms. The zero-order valence-corrected chi connectivity index (χ0v) is 10.4. The highest BCUT2D eigenvalue weighted by Crippen LogP contribution is 2.55. The minimum atomic E-state index is 0. The molecule has 1 fully saturated rings. The summed E-state index contributed by atoms with van der Waals surface area (Å²) in [5.74, 6) is 0. The molecule has 1 aliphatic heterocycles. The Balaban J connectivity index is 0.000000853. The summed E-state index contributed by atoms with van der Waals surface area (Å²) in [6, 6.07) is 2.24. The topological polar surface area (TPSA) is 21.3 Å². The average molecular weight is 246 g/mol. The molecule has 3 rings (SSSR count). The number of rotatable bonds is 2. The quantitative estimate of drug-likeness (QED) is 0.865. The Bertz CT molecular complexity index is 348. The summed E-state index contributed by atoms with van der Waals surface area (Å²) >= 11 is 1.92. The summed E-state index contributed by atoms with van der Waals surface area (Å²) in [5.41, 5.74) is 1.88. The lowest BCUT2D eigenvalue weighted by atomic mass is 9.96. The van der Waals surface area contributed by atoms with E-state index in [1.165, 1.54) is 18.4 Å². The second kappa shape index (κ2) is 4.06. The highest BCUT2D eigenvalue weighted by atomic mass is 35.5. The number of nitrogens with one attached hydrogen (secondary N) is 1. The lowest BCUT2D eigenvalue weighted by Crippen LogP contribution is -2.29. The van der Waals surface area contributed by atoms with Gasteiger partial charge in [0, 0.05) is 16.8 Å². The van der Waals surface area contributed by atoms with E-state index in [4.69, 9.17) is 4.74 Å². The molecule has 1 N–H and O–H groups in total. The van der Waals surface area contributed by atoms with Gasteiger partial charge in [-0.2, -0.15) is 0 Å². The summed E-state index contributed by atoms with van der Waals surface area (Å²) in [5, 5.41) is 5.41. The molecule has 0 amide bonds. The van der Waals surface area contributed by atoms with Gasteiger partial charge in [-0.05, 0) is 36.9 Å². The van der Waals surface area contributed by atoms with E-state index in [2.05, 4.69) is 16.8 Å². The predicted octanol–water partition coefficient (Wildman–Crippen LogP) is 2.49. The molecule has 1 aromatic heterocycles. The third-order valence-electron chi connectivity index (χ3n) is 3.33. The minimum Gasteiger partial charge on any atom is -0.371 e. The molecule has 0 radical (unpaired) electrons. The summed E-state index contributed by atoms with van der Waals surface area (Å²) in [6.45, 7) is 1.87. The number of likely N-dealkylation sites (N-methyl/N-ethyl adjacent to an activating group) is 1. The zero-order valence-electron chi connectivity index (χ0n) is 8.79. The van der Waals surface area contributed by atoms with Crippen LogP contribution in [0.1, 0.15) is 29.4 Å². The van der Waals surface area contributed by atoms with Gasteiger partial charge in [0.15, 0.2) is 0 Å². The SMILES string of the molecule is CNC[C@@H]1OCC2(CC2)c2sccc21.Cl. The van der Waals surface area contributed by atoms with Crippen molar-refractivity contribution in [1.29, 1.82) is 0 Å². The van der Waals surface area contributed by atoms with Crippen molar-refractivity contribution in [3.8, 4) is 0 Å². The number of ether oxygens (including phenoxy) is 1. The number of fused-ring (bicyclic) bond motifs is 2. The smallest absolute Gasteiger partial charge is 0.0960 e. The van der Waals surface area contributed by atoms with Crippen molar-refractivity contribution in [2.75, 3.05) is 20.2 Å². The monoisotopic (exact) mass is 245 g/mol. The van der Waals surface area contributed by atoms with Crippen LogP contribution in [-0.4, -0.2) is 20.2 Å². The molecule has 84 valence electrons. The van der Waals surface area contributed by atoms with Crippen LogP contribution < -0.4 is 5.32 Å². The van der Waals surface area contributed by atoms with E-state index in [0.29, 0.717) is 5.41 Å². The van der Waals surface area contributed by atoms with Crippen molar-refractivity contribution in [3.05, 3.63) is 21.9 Å². The first-order valence-corrected chi connectivity index (χ1v) is 6.08. The van der Waals surface area contributed by atoms with E-state index in [0.717, 1.165) is 13.2 Å². The maximum Gasteiger partial charge on any atom is 0.0960 e. The molecule has 2 heterocycles. The van der Waals surface area contributed by atoms with Gasteiger partial charge in [0.1, 0.15) is 0 Å². The van der Waals surface area contributed by atoms with Crippen LogP contribution in [0.15, 0.2) is 11.4 Å². The lowest BCUT2D eigenvalue weighted by molar-refractivity contribution is 0.0248. The standard InChI is InChI=1S/C11H15NOS.ClH/c1-12-6-9-8-2-5-14-10(8)11(3-4-11)7-13-9;/h2,5,9,12H,3-4,6-7H2,1H3;1H/t9-;/m0./s1. The fourth-order valence-corrected chi connectivity index (χ4v) is 3.50. The molecule has 1 aromatic rings. The second-order valence-electron chi connectivity index (χ2n) is 4.34. The first kappa shape index (κ1) is 11.4. The molecule has 1 aliphatic carbocycles. The van der Waals surface area contributed by atoms with Crippen molar-refractivity contribution >= 4 is 23.7 Å². The van der Waals surface area contributed by atoms with Gasteiger partial charge in [-0.25, -0.2) is 0 Å². The molecular formula is C11H16ClNOS. The van der Waals surface area contributed by atoms with Crippen LogP contribution in [0.4, 0.5) is 0 Å². The minimum absolute atomic E-state index is 0. The van der Waals surface area contributed by atoms with Gasteiger partial charge in [-0.15, -0.1) is 23.7 Å². The van der Waals surface area contributed by atoms with Gasteiger partial charge in [0.05, 0.1) is 12.7 Å². The summed E-state index contributed by atoms with van der Waals surface area (Å²) < 4.78 is 5.93. The highest BCUT2D eigenvalue weighted by molar-refractivity contribution is 7.10. The van der Waals surface area contributed by atoms with Crippen LogP contribution >= 0.6 is 23.7 Å². The fourth-order valence-electron chi connectivity index (χ4n) is 2.30. The summed E-state index contributed by atoms with van der Waals surface area (Å²) in [6.07, 6.45) is 2.94. The number of hydrogen-bond donors (Lipinski definition) is 1. The largest absolute Gasteiger partial charge is 0.371 e. The molecule has 2 nitrogen and oxygen atoms in total. The van der Waals surface area contributed by atoms with E-state index in [9.17, 15) is 0 Å². The van der Waals surface area contributed by atoms with E-state index in [-0.39, 0.29) is 18.5 Å². The number of thiophene rings is 1. The number of hydrogen-bond acceptors (Lipinski definition) is 3. The Hall–Kier alpha value is -0.0900. The van der Waals surface area contributed by atoms with Crippen LogP contribution in [0.2, 0.25) is 0 Å². The second-order valence-corrected chi connectivity index (χ2v) is 5.26. The van der Waals surface area contributed by atoms with Crippen molar-refractivity contribution in [1.82, 2.24) is 5.32 Å². The molecule has 2 aliphatic rings. The van der Waals surface area contributed by atoms with Gasteiger partial charge in [-0.3, -0.25) is 0 Å². The molecule has 15 heavy (non-hydrogen) atoms. The van der Waals surface area contributed by atoms with Gasteiger partial charge in [0.25, 0.3) is 0 Å². The Morgan fingerprint density at radius 2 is 2.40 bits per heavy atom. The molecule has 0 unspecified atom stereocenters. The van der Waals surface area contributed by atoms with Gasteiger partial charge in [-0.1, -0.05) is 0 Å². The van der Waals surface area contributed by atoms with Gasteiger partial charge < -0.3 is 10.1 Å². The van der Waals surface area contributed by atoms with E-state index in [1.807, 2.05) is 18.4 Å². The molecule has 1 atom stereocenters. The van der Waals surface area contributed by atoms with Crippen molar-refractivity contribution in [2.45, 2.75) is 24.4 Å². The fraction of sp³-hybridized carbons (Fsp3) is 0.636. The van der Waals surface area contributed by atoms with E-state index >= 15 is 0 Å². The lowest BCUT2D eigenvalue weighted by Gasteiger charge is -2.29. The first-order chi connectivity index (χ1) is 6.86. The molecule has 0 saturated heterocycles. The molecular weight excluding hydrogens is 230 g/mol. The van der Waals surface area contributed by atoms with Crippen LogP contribution in [0.5, 0.6) is 0 Å². The van der Waals surface area contributed by atoms with Crippen molar-refractivity contribution in [3.63, 3.8) is 0 Å². The highest BCUT2D eigenvalue weighted by Gasteiger charge is 2.50. The molecule has 0 aromatic carbocycles. The Kier molecular flexibility index (Phi) is 3.08. The Morgan fingerprint density at radius 3 is 3.07 bits per heavy atom.